The van der Waals surface area contributed by atoms with Gasteiger partial charge in [-0.2, -0.15) is 0 Å². The predicted octanol–water partition coefficient (Wildman–Crippen LogP) is 1.29. The van der Waals surface area contributed by atoms with Crippen LogP contribution >= 0.6 is 0 Å². The van der Waals surface area contributed by atoms with E-state index in [0.29, 0.717) is 12.2 Å². The average molecular weight is 270 g/mol. The molecule has 3 fully saturated rings. The van der Waals surface area contributed by atoms with Gasteiger partial charge in [-0.05, 0) is 36.0 Å². The highest BCUT2D eigenvalue weighted by molar-refractivity contribution is 5.86. The Kier molecular flexibility index (Phi) is 3.12. The fraction of sp³-hybridized carbons (Fsp3) is 0.588. The summed E-state index contributed by atoms with van der Waals surface area (Å²) < 4.78 is 0. The lowest BCUT2D eigenvalue weighted by molar-refractivity contribution is -0.128. The lowest BCUT2D eigenvalue weighted by atomic mass is 9.96. The molecule has 1 aliphatic carbocycles. The maximum atomic E-state index is 12.6. The fourth-order valence-electron chi connectivity index (χ4n) is 3.98. The number of fused-ring (bicyclic) bond motifs is 4. The molecule has 1 aromatic rings. The summed E-state index contributed by atoms with van der Waals surface area (Å²) in [5.41, 5.74) is 4.19. The van der Waals surface area contributed by atoms with E-state index in [2.05, 4.69) is 28.0 Å². The molecule has 1 atom stereocenters. The van der Waals surface area contributed by atoms with Gasteiger partial charge in [-0.3, -0.25) is 14.6 Å². The first-order valence-electron chi connectivity index (χ1n) is 7.89. The monoisotopic (exact) mass is 270 g/mol. The molecule has 106 valence electrons. The molecule has 3 heterocycles. The molecule has 3 heteroatoms. The van der Waals surface area contributed by atoms with Crippen LogP contribution in [0.4, 0.5) is 0 Å². The molecular weight excluding hydrogens is 248 g/mol. The molecule has 1 aromatic carbocycles. The van der Waals surface area contributed by atoms with E-state index in [9.17, 15) is 4.79 Å². The molecule has 1 unspecified atom stereocenters. The van der Waals surface area contributed by atoms with Gasteiger partial charge in [0, 0.05) is 39.1 Å². The van der Waals surface area contributed by atoms with Gasteiger partial charge >= 0.3 is 0 Å². The van der Waals surface area contributed by atoms with Crippen molar-refractivity contribution < 1.29 is 4.79 Å². The topological polar surface area (TPSA) is 23.6 Å². The molecule has 20 heavy (non-hydrogen) atoms. The fourth-order valence-corrected chi connectivity index (χ4v) is 3.98. The van der Waals surface area contributed by atoms with Crippen molar-refractivity contribution in [2.24, 2.45) is 0 Å². The Morgan fingerprint density at radius 1 is 1.10 bits per heavy atom. The summed E-state index contributed by atoms with van der Waals surface area (Å²) in [7, 11) is 0. The average Bonchev–Trinajstić information content (AvgIpc) is 2.96. The first-order valence-corrected chi connectivity index (χ1v) is 7.89. The van der Waals surface area contributed by atoms with E-state index in [-0.39, 0.29) is 6.04 Å². The van der Waals surface area contributed by atoms with Crippen LogP contribution in [-0.2, 0) is 24.1 Å². The number of ketones is 1. The van der Waals surface area contributed by atoms with Gasteiger partial charge in [0.05, 0.1) is 6.04 Å². The van der Waals surface area contributed by atoms with Crippen molar-refractivity contribution in [2.75, 3.05) is 32.7 Å². The normalized spacial score (nSPS) is 31.3. The standard InChI is InChI=1S/C17H22N2O/c20-17(16-12-18-6-8-19(16)9-7-18)11-13-4-5-14-2-1-3-15(14)10-13/h4-5,10,16H,1-3,6-9,11-12H2. The number of piperazine rings is 3. The summed E-state index contributed by atoms with van der Waals surface area (Å²) in [5.74, 6) is 0.410. The second-order valence-electron chi connectivity index (χ2n) is 6.45. The zero-order chi connectivity index (χ0) is 13.5. The second kappa shape index (κ2) is 4.97. The maximum Gasteiger partial charge on any atom is 0.155 e. The van der Waals surface area contributed by atoms with Gasteiger partial charge in [0.25, 0.3) is 0 Å². The molecule has 0 radical (unpaired) electrons. The lowest BCUT2D eigenvalue weighted by Gasteiger charge is -2.46. The Bertz CT molecular complexity index is 532. The molecule has 3 aliphatic heterocycles. The molecule has 0 spiro atoms. The third-order valence-corrected chi connectivity index (χ3v) is 5.19. The van der Waals surface area contributed by atoms with Gasteiger partial charge < -0.3 is 0 Å². The van der Waals surface area contributed by atoms with Crippen molar-refractivity contribution in [1.29, 1.82) is 0 Å². The van der Waals surface area contributed by atoms with E-state index in [1.54, 1.807) is 0 Å². The smallest absolute Gasteiger partial charge is 0.155 e. The SMILES string of the molecule is O=C(Cc1ccc2c(c1)CCC2)C1CN2CCN1CC2. The summed E-state index contributed by atoms with van der Waals surface area (Å²) in [6.07, 6.45) is 4.30. The van der Waals surface area contributed by atoms with E-state index in [1.807, 2.05) is 0 Å². The van der Waals surface area contributed by atoms with Gasteiger partial charge in [-0.25, -0.2) is 0 Å². The number of carbonyl (C=O) groups excluding carboxylic acids is 1. The number of benzene rings is 1. The van der Waals surface area contributed by atoms with Gasteiger partial charge in [0.2, 0.25) is 0 Å². The Balaban J connectivity index is 1.47. The predicted molar refractivity (Wildman–Crippen MR) is 79.0 cm³/mol. The molecule has 5 rings (SSSR count). The van der Waals surface area contributed by atoms with Crippen LogP contribution in [0.3, 0.4) is 0 Å². The van der Waals surface area contributed by atoms with Crippen molar-refractivity contribution in [3.63, 3.8) is 0 Å². The molecule has 0 amide bonds. The van der Waals surface area contributed by atoms with Crippen LogP contribution in [0.2, 0.25) is 0 Å². The zero-order valence-electron chi connectivity index (χ0n) is 12.0. The third kappa shape index (κ3) is 2.19. The highest BCUT2D eigenvalue weighted by Gasteiger charge is 2.35. The minimum Gasteiger partial charge on any atom is -0.299 e. The number of Topliss-reactive ketones (excluding diaryl/α,β-unsaturated/α-hetero) is 1. The van der Waals surface area contributed by atoms with Crippen LogP contribution in [0.15, 0.2) is 18.2 Å². The minimum absolute atomic E-state index is 0.144. The van der Waals surface area contributed by atoms with Gasteiger partial charge in [0.1, 0.15) is 0 Å². The van der Waals surface area contributed by atoms with Crippen molar-refractivity contribution in [3.8, 4) is 0 Å². The van der Waals surface area contributed by atoms with Crippen LogP contribution in [0.25, 0.3) is 0 Å². The molecule has 0 N–H and O–H groups in total. The van der Waals surface area contributed by atoms with Gasteiger partial charge in [-0.1, -0.05) is 18.2 Å². The molecule has 4 aliphatic rings. The molecule has 0 aromatic heterocycles. The molecule has 3 nitrogen and oxygen atoms in total. The Morgan fingerprint density at radius 3 is 2.65 bits per heavy atom. The van der Waals surface area contributed by atoms with E-state index in [4.69, 9.17) is 0 Å². The van der Waals surface area contributed by atoms with Gasteiger partial charge in [0.15, 0.2) is 5.78 Å². The quantitative estimate of drug-likeness (QED) is 0.827. The highest BCUT2D eigenvalue weighted by Crippen LogP contribution is 2.24. The van der Waals surface area contributed by atoms with Crippen LogP contribution in [0, 0.1) is 0 Å². The van der Waals surface area contributed by atoms with E-state index < -0.39 is 0 Å². The Morgan fingerprint density at radius 2 is 1.90 bits per heavy atom. The first kappa shape index (κ1) is 12.5. The van der Waals surface area contributed by atoms with E-state index >= 15 is 0 Å². The minimum atomic E-state index is 0.144. The highest BCUT2D eigenvalue weighted by atomic mass is 16.1. The third-order valence-electron chi connectivity index (χ3n) is 5.19. The lowest BCUT2D eigenvalue weighted by Crippen LogP contribution is -2.63. The number of hydrogen-bond acceptors (Lipinski definition) is 3. The summed E-state index contributed by atoms with van der Waals surface area (Å²) in [5, 5.41) is 0. The number of hydrogen-bond donors (Lipinski definition) is 0. The summed E-state index contributed by atoms with van der Waals surface area (Å²) in [6, 6.07) is 6.82. The maximum absolute atomic E-state index is 12.6. The van der Waals surface area contributed by atoms with Crippen LogP contribution < -0.4 is 0 Å². The second-order valence-corrected chi connectivity index (χ2v) is 6.45. The molecule has 3 saturated heterocycles. The molecular formula is C17H22N2O. The van der Waals surface area contributed by atoms with Crippen LogP contribution in [-0.4, -0.2) is 54.3 Å². The van der Waals surface area contributed by atoms with Crippen molar-refractivity contribution in [2.45, 2.75) is 31.7 Å². The Hall–Kier alpha value is -1.19. The summed E-state index contributed by atoms with van der Waals surface area (Å²) in [4.78, 5) is 17.4. The number of carbonyl (C=O) groups is 1. The van der Waals surface area contributed by atoms with E-state index in [0.717, 1.165) is 32.7 Å². The van der Waals surface area contributed by atoms with E-state index in [1.165, 1.54) is 36.0 Å². The van der Waals surface area contributed by atoms with Crippen LogP contribution in [0.5, 0.6) is 0 Å². The summed E-state index contributed by atoms with van der Waals surface area (Å²) in [6.45, 7) is 5.37. The van der Waals surface area contributed by atoms with Gasteiger partial charge in [-0.15, -0.1) is 0 Å². The van der Waals surface area contributed by atoms with Crippen molar-refractivity contribution in [1.82, 2.24) is 9.80 Å². The number of rotatable bonds is 3. The first-order chi connectivity index (χ1) is 9.79. The van der Waals surface area contributed by atoms with Crippen molar-refractivity contribution in [3.05, 3.63) is 34.9 Å². The van der Waals surface area contributed by atoms with Crippen molar-refractivity contribution >= 4 is 5.78 Å². The largest absolute Gasteiger partial charge is 0.299 e. The Labute approximate surface area is 120 Å². The number of nitrogens with zero attached hydrogens (tertiary/aromatic N) is 2. The number of aryl methyl sites for hydroxylation is 2. The van der Waals surface area contributed by atoms with Crippen LogP contribution in [0.1, 0.15) is 23.1 Å². The molecule has 0 saturated carbocycles. The molecule has 2 bridgehead atoms. The zero-order valence-corrected chi connectivity index (χ0v) is 12.0. The summed E-state index contributed by atoms with van der Waals surface area (Å²) >= 11 is 0.